The molecule has 0 aromatic carbocycles. The molecule has 0 saturated heterocycles. The van der Waals surface area contributed by atoms with Crippen LogP contribution in [0.25, 0.3) is 0 Å². The first kappa shape index (κ1) is 60.9. The first-order valence-electron chi connectivity index (χ1n) is 27.0. The van der Waals surface area contributed by atoms with E-state index < -0.39 is 6.10 Å². The second-order valence-corrected chi connectivity index (χ2v) is 17.8. The van der Waals surface area contributed by atoms with Crippen LogP contribution in [0.4, 0.5) is 0 Å². The fourth-order valence-electron chi connectivity index (χ4n) is 7.41. The molecule has 0 rings (SSSR count). The molecule has 0 amide bonds. The number of allylic oxidation sites excluding steroid dienone is 12. The van der Waals surface area contributed by atoms with Gasteiger partial charge in [-0.3, -0.25) is 14.4 Å². The van der Waals surface area contributed by atoms with Crippen LogP contribution in [0, 0.1) is 0 Å². The van der Waals surface area contributed by atoms with Crippen LogP contribution in [-0.2, 0) is 28.6 Å². The molecular weight excluding hydrogens is 793 g/mol. The average molecular weight is 893 g/mol. The van der Waals surface area contributed by atoms with E-state index in [1.54, 1.807) is 0 Å². The summed E-state index contributed by atoms with van der Waals surface area (Å²) in [6, 6.07) is 0. The first-order chi connectivity index (χ1) is 31.5. The lowest BCUT2D eigenvalue weighted by Gasteiger charge is -2.18. The highest BCUT2D eigenvalue weighted by molar-refractivity contribution is 5.71. The Bertz CT molecular complexity index is 1210. The summed E-state index contributed by atoms with van der Waals surface area (Å²) >= 11 is 0. The van der Waals surface area contributed by atoms with E-state index in [1.807, 2.05) is 6.08 Å². The minimum absolute atomic E-state index is 0.0973. The van der Waals surface area contributed by atoms with Gasteiger partial charge in [-0.2, -0.15) is 0 Å². The minimum Gasteiger partial charge on any atom is -0.462 e. The molecule has 0 aliphatic heterocycles. The number of esters is 3. The summed E-state index contributed by atoms with van der Waals surface area (Å²) in [5.74, 6) is -0.976. The molecule has 6 nitrogen and oxygen atoms in total. The van der Waals surface area contributed by atoms with Crippen LogP contribution in [0.1, 0.15) is 258 Å². The zero-order chi connectivity index (χ0) is 46.5. The third-order valence-electron chi connectivity index (χ3n) is 11.5. The Labute approximate surface area is 395 Å². The lowest BCUT2D eigenvalue weighted by Crippen LogP contribution is -2.30. The summed E-state index contributed by atoms with van der Waals surface area (Å²) < 4.78 is 16.8. The van der Waals surface area contributed by atoms with Gasteiger partial charge in [0, 0.05) is 19.3 Å². The predicted molar refractivity (Wildman–Crippen MR) is 274 cm³/mol. The van der Waals surface area contributed by atoms with Crippen molar-refractivity contribution >= 4 is 17.9 Å². The minimum atomic E-state index is -0.803. The van der Waals surface area contributed by atoms with E-state index in [9.17, 15) is 14.4 Å². The largest absolute Gasteiger partial charge is 0.462 e. The topological polar surface area (TPSA) is 78.9 Å². The lowest BCUT2D eigenvalue weighted by atomic mass is 10.1. The van der Waals surface area contributed by atoms with E-state index in [0.29, 0.717) is 19.3 Å². The highest BCUT2D eigenvalue weighted by Crippen LogP contribution is 2.15. The summed E-state index contributed by atoms with van der Waals surface area (Å²) in [5, 5.41) is 0. The van der Waals surface area contributed by atoms with Gasteiger partial charge in [-0.05, 0) is 89.9 Å². The molecule has 0 bridgehead atoms. The van der Waals surface area contributed by atoms with Crippen molar-refractivity contribution in [3.63, 3.8) is 0 Å². The van der Waals surface area contributed by atoms with E-state index in [2.05, 4.69) is 87.6 Å². The normalized spacial score (nSPS) is 12.6. The SMILES string of the molecule is CC/C=C/C/C=C/CCCCCCCCCC(=O)OC(COC(=O)CC/C=C/C/C=C/CCCCCCCC)COC(=O)CCCCCCCCCCCC/C=C/C=C/CCCCC. The van der Waals surface area contributed by atoms with Gasteiger partial charge in [0.25, 0.3) is 0 Å². The van der Waals surface area contributed by atoms with Gasteiger partial charge in [0.2, 0.25) is 0 Å². The molecule has 0 aromatic heterocycles. The fourth-order valence-corrected chi connectivity index (χ4v) is 7.41. The molecule has 0 aliphatic carbocycles. The van der Waals surface area contributed by atoms with Crippen molar-refractivity contribution in [2.45, 2.75) is 264 Å². The van der Waals surface area contributed by atoms with Crippen molar-refractivity contribution in [2.75, 3.05) is 13.2 Å². The molecule has 368 valence electrons. The standard InChI is InChI=1S/C58H100O6/c1-4-7-10-13-16-19-22-25-27-28-29-30-31-34-36-39-42-45-48-51-57(60)63-54-55(53-62-56(59)50-47-44-41-38-35-32-24-21-18-15-12-9-6-3)64-58(61)52-49-46-43-40-37-33-26-23-20-17-14-11-8-5-2/h8,11,16-17,19-20,22,25,32,35,41,44,55H,4-7,9-10,12-15,18,21,23-24,26-31,33-34,36-40,42-43,45-54H2,1-3H3/b11-8+,19-16+,20-17+,25-22+,35-32+,44-41+. The average Bonchev–Trinajstić information content (AvgIpc) is 3.29. The van der Waals surface area contributed by atoms with Gasteiger partial charge in [0.1, 0.15) is 13.2 Å². The molecule has 0 saturated carbocycles. The monoisotopic (exact) mass is 893 g/mol. The van der Waals surface area contributed by atoms with Gasteiger partial charge in [0.15, 0.2) is 6.10 Å². The maximum Gasteiger partial charge on any atom is 0.306 e. The Morgan fingerprint density at radius 3 is 1.16 bits per heavy atom. The van der Waals surface area contributed by atoms with Crippen molar-refractivity contribution in [3.8, 4) is 0 Å². The van der Waals surface area contributed by atoms with Gasteiger partial charge in [-0.15, -0.1) is 0 Å². The van der Waals surface area contributed by atoms with Crippen molar-refractivity contribution < 1.29 is 28.6 Å². The maximum atomic E-state index is 12.8. The van der Waals surface area contributed by atoms with E-state index in [1.165, 1.54) is 141 Å². The number of carbonyl (C=O) groups excluding carboxylic acids is 3. The number of carbonyl (C=O) groups is 3. The molecule has 0 fully saturated rings. The third-order valence-corrected chi connectivity index (χ3v) is 11.5. The summed E-state index contributed by atoms with van der Waals surface area (Å²) in [7, 11) is 0. The maximum absolute atomic E-state index is 12.8. The van der Waals surface area contributed by atoms with Crippen LogP contribution >= 0.6 is 0 Å². The molecule has 0 heterocycles. The molecule has 1 unspecified atom stereocenters. The van der Waals surface area contributed by atoms with Crippen LogP contribution in [0.3, 0.4) is 0 Å². The van der Waals surface area contributed by atoms with E-state index >= 15 is 0 Å². The third kappa shape index (κ3) is 49.9. The number of unbranched alkanes of at least 4 members (excludes halogenated alkanes) is 26. The second-order valence-electron chi connectivity index (χ2n) is 17.8. The molecule has 0 aliphatic rings. The van der Waals surface area contributed by atoms with Crippen LogP contribution in [0.5, 0.6) is 0 Å². The smallest absolute Gasteiger partial charge is 0.306 e. The summed E-state index contributed by atoms with van der Waals surface area (Å²) in [4.78, 5) is 38.0. The molecule has 0 N–H and O–H groups in total. The Morgan fingerprint density at radius 1 is 0.344 bits per heavy atom. The number of ether oxygens (including phenoxy) is 3. The van der Waals surface area contributed by atoms with E-state index in [4.69, 9.17) is 14.2 Å². The van der Waals surface area contributed by atoms with Crippen LogP contribution in [0.15, 0.2) is 72.9 Å². The van der Waals surface area contributed by atoms with Gasteiger partial charge in [-0.25, -0.2) is 0 Å². The molecule has 64 heavy (non-hydrogen) atoms. The van der Waals surface area contributed by atoms with Gasteiger partial charge in [-0.1, -0.05) is 222 Å². The molecule has 0 spiro atoms. The highest BCUT2D eigenvalue weighted by Gasteiger charge is 2.19. The van der Waals surface area contributed by atoms with Crippen LogP contribution in [0.2, 0.25) is 0 Å². The van der Waals surface area contributed by atoms with Gasteiger partial charge in [0.05, 0.1) is 0 Å². The highest BCUT2D eigenvalue weighted by atomic mass is 16.6. The zero-order valence-corrected chi connectivity index (χ0v) is 42.0. The molecule has 0 aromatic rings. The first-order valence-corrected chi connectivity index (χ1v) is 27.0. The Balaban J connectivity index is 4.41. The van der Waals surface area contributed by atoms with Crippen molar-refractivity contribution in [3.05, 3.63) is 72.9 Å². The van der Waals surface area contributed by atoms with Crippen molar-refractivity contribution in [1.82, 2.24) is 0 Å². The summed E-state index contributed by atoms with van der Waals surface area (Å²) in [6.45, 7) is 6.44. The molecule has 6 heteroatoms. The van der Waals surface area contributed by atoms with Gasteiger partial charge >= 0.3 is 17.9 Å². The summed E-state index contributed by atoms with van der Waals surface area (Å²) in [6.07, 6.45) is 66.1. The Morgan fingerprint density at radius 2 is 0.688 bits per heavy atom. The quantitative estimate of drug-likeness (QED) is 0.0199. The molecule has 0 radical (unpaired) electrons. The van der Waals surface area contributed by atoms with Crippen LogP contribution in [-0.4, -0.2) is 37.2 Å². The second kappa shape index (κ2) is 52.5. The predicted octanol–water partition coefficient (Wildman–Crippen LogP) is 17.8. The molecular formula is C58H100O6. The van der Waals surface area contributed by atoms with Crippen molar-refractivity contribution in [1.29, 1.82) is 0 Å². The van der Waals surface area contributed by atoms with Gasteiger partial charge < -0.3 is 14.2 Å². The fraction of sp³-hybridized carbons (Fsp3) is 0.741. The molecule has 1 atom stereocenters. The van der Waals surface area contributed by atoms with E-state index in [-0.39, 0.29) is 37.5 Å². The number of hydrogen-bond acceptors (Lipinski definition) is 6. The van der Waals surface area contributed by atoms with E-state index in [0.717, 1.165) is 70.6 Å². The zero-order valence-electron chi connectivity index (χ0n) is 42.0. The lowest BCUT2D eigenvalue weighted by molar-refractivity contribution is -0.166. The number of rotatable bonds is 48. The summed E-state index contributed by atoms with van der Waals surface area (Å²) in [5.41, 5.74) is 0. The Kier molecular flexibility index (Phi) is 49.9. The Hall–Kier alpha value is -3.15. The van der Waals surface area contributed by atoms with Crippen LogP contribution < -0.4 is 0 Å². The van der Waals surface area contributed by atoms with Crippen molar-refractivity contribution in [2.24, 2.45) is 0 Å². The number of hydrogen-bond donors (Lipinski definition) is 0.